The third kappa shape index (κ3) is 2.27. The van der Waals surface area contributed by atoms with Gasteiger partial charge in [0, 0.05) is 13.0 Å². The van der Waals surface area contributed by atoms with Crippen molar-refractivity contribution in [2.75, 3.05) is 11.1 Å². The molecular weight excluding hydrogens is 234 g/mol. The molecular formula is C12H15N3OS. The molecule has 0 saturated heterocycles. The molecule has 1 atom stereocenters. The van der Waals surface area contributed by atoms with Gasteiger partial charge in [-0.3, -0.25) is 4.79 Å². The van der Waals surface area contributed by atoms with Crippen LogP contribution in [0.25, 0.3) is 0 Å². The van der Waals surface area contributed by atoms with E-state index in [0.29, 0.717) is 28.1 Å². The van der Waals surface area contributed by atoms with Gasteiger partial charge in [0.25, 0.3) is 0 Å². The second kappa shape index (κ2) is 4.38. The first-order valence-corrected chi connectivity index (χ1v) is 6.46. The summed E-state index contributed by atoms with van der Waals surface area (Å²) in [4.78, 5) is 11.9. The van der Waals surface area contributed by atoms with Gasteiger partial charge in [0.1, 0.15) is 16.6 Å². The van der Waals surface area contributed by atoms with Crippen LogP contribution in [-0.4, -0.2) is 11.8 Å². The van der Waals surface area contributed by atoms with E-state index in [2.05, 4.69) is 18.3 Å². The molecule has 0 aliphatic heterocycles. The zero-order valence-electron chi connectivity index (χ0n) is 9.91. The Balaban J connectivity index is 2.29. The average molecular weight is 249 g/mol. The fraction of sp³-hybridized carbons (Fsp3) is 0.500. The second-order valence-corrected chi connectivity index (χ2v) is 5.51. The summed E-state index contributed by atoms with van der Waals surface area (Å²) < 4.78 is 0. The van der Waals surface area contributed by atoms with Gasteiger partial charge in [-0.05, 0) is 25.7 Å². The van der Waals surface area contributed by atoms with Crippen LogP contribution >= 0.6 is 11.3 Å². The van der Waals surface area contributed by atoms with Crippen LogP contribution in [0.4, 0.5) is 10.7 Å². The number of Topliss-reactive ketones (excluding diaryl/α,β-unsaturated/α-hetero) is 1. The van der Waals surface area contributed by atoms with Gasteiger partial charge in [0.2, 0.25) is 0 Å². The monoisotopic (exact) mass is 249 g/mol. The molecule has 1 aromatic heterocycles. The smallest absolute Gasteiger partial charge is 0.171 e. The second-order valence-electron chi connectivity index (χ2n) is 4.49. The number of nitrogens with zero attached hydrogens (tertiary/aromatic N) is 1. The van der Waals surface area contributed by atoms with E-state index >= 15 is 0 Å². The maximum Gasteiger partial charge on any atom is 0.171 e. The van der Waals surface area contributed by atoms with E-state index in [1.165, 1.54) is 31.1 Å². The molecule has 1 aliphatic carbocycles. The van der Waals surface area contributed by atoms with Crippen molar-refractivity contribution in [1.29, 1.82) is 5.26 Å². The van der Waals surface area contributed by atoms with Gasteiger partial charge in [-0.15, -0.1) is 11.3 Å². The lowest BCUT2D eigenvalue weighted by atomic mass is 10.2. The normalized spacial score (nSPS) is 16.3. The lowest BCUT2D eigenvalue weighted by Gasteiger charge is -2.12. The third-order valence-corrected chi connectivity index (χ3v) is 4.30. The first kappa shape index (κ1) is 11.9. The van der Waals surface area contributed by atoms with E-state index in [9.17, 15) is 4.79 Å². The molecule has 3 N–H and O–H groups in total. The van der Waals surface area contributed by atoms with Crippen LogP contribution in [0.5, 0.6) is 0 Å². The Bertz CT molecular complexity index is 497. The number of nitrogen functional groups attached to an aromatic ring is 1. The molecule has 1 aliphatic rings. The largest absolute Gasteiger partial charge is 0.396 e. The zero-order chi connectivity index (χ0) is 12.6. The van der Waals surface area contributed by atoms with E-state index in [-0.39, 0.29) is 5.78 Å². The number of hydrogen-bond donors (Lipinski definition) is 2. The number of ketones is 1. The third-order valence-electron chi connectivity index (χ3n) is 3.06. The van der Waals surface area contributed by atoms with Crippen LogP contribution in [0, 0.1) is 17.2 Å². The number of nitrogens with two attached hydrogens (primary N) is 1. The van der Waals surface area contributed by atoms with Crippen molar-refractivity contribution in [2.45, 2.75) is 32.7 Å². The number of rotatable bonds is 4. The molecule has 0 radical (unpaired) electrons. The molecule has 1 fully saturated rings. The highest BCUT2D eigenvalue weighted by Crippen LogP contribution is 2.39. The summed E-state index contributed by atoms with van der Waals surface area (Å²) in [6, 6.07) is 2.41. The van der Waals surface area contributed by atoms with E-state index in [0.717, 1.165) is 5.00 Å². The van der Waals surface area contributed by atoms with Crippen molar-refractivity contribution < 1.29 is 4.79 Å². The van der Waals surface area contributed by atoms with Crippen LogP contribution in [-0.2, 0) is 0 Å². The SMILES string of the molecule is CC(=O)c1sc(NC(C)C2CC2)c(C#N)c1N. The van der Waals surface area contributed by atoms with Gasteiger partial charge in [0.15, 0.2) is 5.78 Å². The molecule has 90 valence electrons. The minimum atomic E-state index is -0.0869. The number of hydrogen-bond acceptors (Lipinski definition) is 5. The molecule has 4 nitrogen and oxygen atoms in total. The lowest BCUT2D eigenvalue weighted by molar-refractivity contribution is 0.102. The molecule has 5 heteroatoms. The number of anilines is 2. The quantitative estimate of drug-likeness (QED) is 0.804. The minimum absolute atomic E-state index is 0.0869. The van der Waals surface area contributed by atoms with E-state index in [4.69, 9.17) is 11.0 Å². The van der Waals surface area contributed by atoms with Crippen molar-refractivity contribution in [2.24, 2.45) is 5.92 Å². The van der Waals surface area contributed by atoms with Crippen LogP contribution in [0.1, 0.15) is 41.9 Å². The van der Waals surface area contributed by atoms with Crippen LogP contribution < -0.4 is 11.1 Å². The van der Waals surface area contributed by atoms with Crippen LogP contribution in [0.15, 0.2) is 0 Å². The summed E-state index contributed by atoms with van der Waals surface area (Å²) in [6.45, 7) is 3.57. The Labute approximate surface area is 104 Å². The molecule has 1 unspecified atom stereocenters. The van der Waals surface area contributed by atoms with Gasteiger partial charge < -0.3 is 11.1 Å². The molecule has 2 rings (SSSR count). The van der Waals surface area contributed by atoms with Gasteiger partial charge in [-0.1, -0.05) is 0 Å². The van der Waals surface area contributed by atoms with Crippen molar-refractivity contribution in [1.82, 2.24) is 0 Å². The Hall–Kier alpha value is -1.54. The van der Waals surface area contributed by atoms with Crippen molar-refractivity contribution in [3.05, 3.63) is 10.4 Å². The van der Waals surface area contributed by atoms with Gasteiger partial charge in [-0.25, -0.2) is 0 Å². The van der Waals surface area contributed by atoms with Crippen LogP contribution in [0.2, 0.25) is 0 Å². The zero-order valence-corrected chi connectivity index (χ0v) is 10.7. The number of nitrogens with one attached hydrogen (secondary N) is 1. The minimum Gasteiger partial charge on any atom is -0.396 e. The maximum absolute atomic E-state index is 11.4. The van der Waals surface area contributed by atoms with Crippen molar-refractivity contribution in [3.8, 4) is 6.07 Å². The Morgan fingerprint density at radius 3 is 2.76 bits per heavy atom. The Kier molecular flexibility index (Phi) is 3.07. The molecule has 0 spiro atoms. The Morgan fingerprint density at radius 2 is 2.29 bits per heavy atom. The summed E-state index contributed by atoms with van der Waals surface area (Å²) in [5, 5.41) is 13.1. The highest BCUT2D eigenvalue weighted by molar-refractivity contribution is 7.19. The van der Waals surface area contributed by atoms with Crippen molar-refractivity contribution in [3.63, 3.8) is 0 Å². The van der Waals surface area contributed by atoms with Crippen molar-refractivity contribution >= 4 is 27.8 Å². The Morgan fingerprint density at radius 1 is 1.65 bits per heavy atom. The topological polar surface area (TPSA) is 78.9 Å². The first-order valence-electron chi connectivity index (χ1n) is 5.64. The predicted molar refractivity (Wildman–Crippen MR) is 69.3 cm³/mol. The number of carbonyl (C=O) groups is 1. The number of nitriles is 1. The summed E-state index contributed by atoms with van der Waals surface area (Å²) in [7, 11) is 0. The fourth-order valence-electron chi connectivity index (χ4n) is 1.84. The van der Waals surface area contributed by atoms with E-state index in [1.54, 1.807) is 0 Å². The first-order chi connectivity index (χ1) is 8.04. The van der Waals surface area contributed by atoms with Gasteiger partial charge >= 0.3 is 0 Å². The predicted octanol–water partition coefficient (Wildman–Crippen LogP) is 2.61. The van der Waals surface area contributed by atoms with Crippen LogP contribution in [0.3, 0.4) is 0 Å². The fourth-order valence-corrected chi connectivity index (χ4v) is 2.90. The average Bonchev–Trinajstić information content (AvgIpc) is 3.05. The maximum atomic E-state index is 11.4. The molecule has 0 aromatic carbocycles. The van der Waals surface area contributed by atoms with E-state index in [1.807, 2.05) is 0 Å². The molecule has 1 aromatic rings. The summed E-state index contributed by atoms with van der Waals surface area (Å²) in [5.41, 5.74) is 6.54. The lowest BCUT2D eigenvalue weighted by Crippen LogP contribution is -2.16. The van der Waals surface area contributed by atoms with E-state index < -0.39 is 0 Å². The standard InChI is InChI=1S/C12H15N3OS/c1-6(8-3-4-8)15-12-9(5-13)10(14)11(17-12)7(2)16/h6,8,15H,3-4,14H2,1-2H3. The molecule has 17 heavy (non-hydrogen) atoms. The molecule has 1 saturated carbocycles. The highest BCUT2D eigenvalue weighted by atomic mass is 32.1. The molecule has 1 heterocycles. The molecule has 0 bridgehead atoms. The number of carbonyl (C=O) groups excluding carboxylic acids is 1. The van der Waals surface area contributed by atoms with Gasteiger partial charge in [-0.2, -0.15) is 5.26 Å². The summed E-state index contributed by atoms with van der Waals surface area (Å²) in [6.07, 6.45) is 2.47. The number of thiophene rings is 1. The summed E-state index contributed by atoms with van der Waals surface area (Å²) >= 11 is 1.28. The summed E-state index contributed by atoms with van der Waals surface area (Å²) in [5.74, 6) is 0.599. The highest BCUT2D eigenvalue weighted by Gasteiger charge is 2.29. The van der Waals surface area contributed by atoms with Gasteiger partial charge in [0.05, 0.1) is 10.6 Å². The molecule has 0 amide bonds.